The van der Waals surface area contributed by atoms with E-state index in [4.69, 9.17) is 10.5 Å². The number of phenolic OH excluding ortho intramolecular Hbond substituents is 1. The Morgan fingerprint density at radius 1 is 1.05 bits per heavy atom. The highest BCUT2D eigenvalue weighted by atomic mass is 16.6. The zero-order chi connectivity index (χ0) is 28.5. The summed E-state index contributed by atoms with van der Waals surface area (Å²) >= 11 is 0. The largest absolute Gasteiger partial charge is 0.508 e. The number of amides is 4. The van der Waals surface area contributed by atoms with E-state index in [1.165, 1.54) is 17.0 Å². The van der Waals surface area contributed by atoms with Gasteiger partial charge in [-0.15, -0.1) is 0 Å². The molecule has 10 nitrogen and oxygen atoms in total. The number of hydrogen-bond acceptors (Lipinski definition) is 6. The molecule has 2 aromatic rings. The molecule has 0 aliphatic carbocycles. The zero-order valence-electron chi connectivity index (χ0n) is 22.6. The molecular weight excluding hydrogens is 488 g/mol. The first-order chi connectivity index (χ1) is 17.8. The molecule has 2 atom stereocenters. The Bertz CT molecular complexity index is 1130. The molecule has 0 aromatic heterocycles. The Morgan fingerprint density at radius 3 is 2.24 bits per heavy atom. The summed E-state index contributed by atoms with van der Waals surface area (Å²) < 4.78 is 5.28. The number of primary amides is 1. The first-order valence-electron chi connectivity index (χ1n) is 12.6. The number of para-hydroxylation sites is 1. The van der Waals surface area contributed by atoms with Crippen LogP contribution in [0.1, 0.15) is 64.1 Å². The second-order valence-corrected chi connectivity index (χ2v) is 10.1. The van der Waals surface area contributed by atoms with Gasteiger partial charge in [0, 0.05) is 12.2 Å². The number of hydrogen-bond donors (Lipinski definition) is 4. The molecule has 10 heteroatoms. The number of benzene rings is 2. The number of carbonyl (C=O) groups excluding carboxylic acids is 4. The van der Waals surface area contributed by atoms with E-state index in [0.717, 1.165) is 5.56 Å². The zero-order valence-corrected chi connectivity index (χ0v) is 22.6. The first-order valence-corrected chi connectivity index (χ1v) is 12.6. The average Bonchev–Trinajstić information content (AvgIpc) is 2.81. The maximum atomic E-state index is 13.9. The van der Waals surface area contributed by atoms with Crippen molar-refractivity contribution >= 4 is 29.5 Å². The molecule has 0 heterocycles. The second-order valence-electron chi connectivity index (χ2n) is 10.1. The van der Waals surface area contributed by atoms with Crippen LogP contribution in [0, 0.1) is 6.92 Å². The molecule has 0 fully saturated rings. The predicted molar refractivity (Wildman–Crippen MR) is 144 cm³/mol. The number of aromatic hydroxyl groups is 1. The van der Waals surface area contributed by atoms with Crippen LogP contribution in [0.5, 0.6) is 5.75 Å². The number of nitrogens with one attached hydrogen (secondary N) is 2. The minimum Gasteiger partial charge on any atom is -0.508 e. The number of phenols is 1. The second kappa shape index (κ2) is 13.5. The van der Waals surface area contributed by atoms with Crippen molar-refractivity contribution in [3.63, 3.8) is 0 Å². The van der Waals surface area contributed by atoms with Crippen molar-refractivity contribution in [3.05, 3.63) is 59.7 Å². The number of alkyl carbamates (subject to hydrolysis) is 1. The van der Waals surface area contributed by atoms with E-state index < -0.39 is 47.9 Å². The average molecular weight is 527 g/mol. The van der Waals surface area contributed by atoms with Crippen molar-refractivity contribution in [1.29, 1.82) is 0 Å². The summed E-state index contributed by atoms with van der Waals surface area (Å²) in [5, 5.41) is 15.2. The SMILES string of the molecule is CCCCN(C(=O)C(CC(N)=O)NC(=O)OC(C)(C)C)C(C(=O)Nc1ccccc1C)c1ccc(O)cc1. The molecule has 0 spiro atoms. The fraction of sp³-hybridized carbons (Fsp3) is 0.429. The van der Waals surface area contributed by atoms with Crippen molar-refractivity contribution < 1.29 is 29.0 Å². The summed E-state index contributed by atoms with van der Waals surface area (Å²) in [5.74, 6) is -1.97. The Balaban J connectivity index is 2.53. The molecule has 2 rings (SSSR count). The van der Waals surface area contributed by atoms with E-state index >= 15 is 0 Å². The van der Waals surface area contributed by atoms with Crippen LogP contribution in [0.2, 0.25) is 0 Å². The third-order valence-corrected chi connectivity index (χ3v) is 5.60. The molecule has 0 aliphatic heterocycles. The number of nitrogens with two attached hydrogens (primary N) is 1. The van der Waals surface area contributed by atoms with Crippen molar-refractivity contribution in [1.82, 2.24) is 10.2 Å². The summed E-state index contributed by atoms with van der Waals surface area (Å²) in [6, 6.07) is 10.7. The van der Waals surface area contributed by atoms with Gasteiger partial charge >= 0.3 is 6.09 Å². The van der Waals surface area contributed by atoms with Gasteiger partial charge in [-0.3, -0.25) is 14.4 Å². The molecule has 0 radical (unpaired) electrons. The Labute approximate surface area is 223 Å². The number of ether oxygens (including phenoxy) is 1. The molecule has 0 saturated heterocycles. The molecular formula is C28H38N4O6. The highest BCUT2D eigenvalue weighted by Gasteiger charge is 2.37. The standard InChI is InChI=1S/C28H38N4O6/c1-6-7-16-32(26(36)22(17-23(29)34)31-27(37)38-28(3,4)5)24(19-12-14-20(33)15-13-19)25(35)30-21-11-9-8-10-18(21)2/h8-15,22,24,33H,6-7,16-17H2,1-5H3,(H2,29,34)(H,30,35)(H,31,37). The first kappa shape index (κ1) is 30.1. The van der Waals surface area contributed by atoms with Gasteiger partial charge in [0.05, 0.1) is 6.42 Å². The monoisotopic (exact) mass is 526 g/mol. The summed E-state index contributed by atoms with van der Waals surface area (Å²) in [6.07, 6.45) is -0.111. The van der Waals surface area contributed by atoms with E-state index in [9.17, 15) is 24.3 Å². The van der Waals surface area contributed by atoms with E-state index in [0.29, 0.717) is 24.1 Å². The molecule has 5 N–H and O–H groups in total. The normalized spacial score (nSPS) is 12.7. The molecule has 2 unspecified atom stereocenters. The topological polar surface area (TPSA) is 151 Å². The van der Waals surface area contributed by atoms with E-state index in [1.807, 2.05) is 26.0 Å². The van der Waals surface area contributed by atoms with Crippen molar-refractivity contribution in [2.45, 2.75) is 71.6 Å². The minimum atomic E-state index is -1.36. The molecule has 4 amide bonds. The molecule has 0 bridgehead atoms. The number of nitrogens with zero attached hydrogens (tertiary/aromatic N) is 1. The van der Waals surface area contributed by atoms with E-state index in [1.54, 1.807) is 45.0 Å². The van der Waals surface area contributed by atoms with Crippen molar-refractivity contribution in [3.8, 4) is 5.75 Å². The van der Waals surface area contributed by atoms with Gasteiger partial charge in [0.1, 0.15) is 23.4 Å². The smallest absolute Gasteiger partial charge is 0.408 e. The molecule has 0 aliphatic rings. The number of carbonyl (C=O) groups is 4. The fourth-order valence-electron chi connectivity index (χ4n) is 3.79. The number of anilines is 1. The van der Waals surface area contributed by atoms with Gasteiger partial charge in [0.15, 0.2) is 0 Å². The Kier molecular flexibility index (Phi) is 10.7. The van der Waals surface area contributed by atoms with Crippen LogP contribution in [0.15, 0.2) is 48.5 Å². The molecule has 2 aromatic carbocycles. The predicted octanol–water partition coefficient (Wildman–Crippen LogP) is 3.78. The summed E-state index contributed by atoms with van der Waals surface area (Å²) in [7, 11) is 0. The highest BCUT2D eigenvalue weighted by Crippen LogP contribution is 2.27. The van der Waals surface area contributed by atoms with Gasteiger partial charge in [-0.25, -0.2) is 4.79 Å². The van der Waals surface area contributed by atoms with Crippen LogP contribution in [-0.2, 0) is 19.1 Å². The van der Waals surface area contributed by atoms with Crippen LogP contribution < -0.4 is 16.4 Å². The van der Waals surface area contributed by atoms with Gasteiger partial charge in [0.25, 0.3) is 5.91 Å². The summed E-state index contributed by atoms with van der Waals surface area (Å²) in [4.78, 5) is 53.4. The maximum Gasteiger partial charge on any atom is 0.408 e. The lowest BCUT2D eigenvalue weighted by Crippen LogP contribution is -2.53. The summed E-state index contributed by atoms with van der Waals surface area (Å²) in [6.45, 7) is 8.95. The number of unbranched alkanes of at least 4 members (excludes halogenated alkanes) is 1. The van der Waals surface area contributed by atoms with E-state index in [-0.39, 0.29) is 12.3 Å². The maximum absolute atomic E-state index is 13.9. The fourth-order valence-corrected chi connectivity index (χ4v) is 3.79. The van der Waals surface area contributed by atoms with Gasteiger partial charge in [-0.05, 0) is 63.4 Å². The third kappa shape index (κ3) is 9.10. The van der Waals surface area contributed by atoms with Crippen molar-refractivity contribution in [2.24, 2.45) is 5.73 Å². The Morgan fingerprint density at radius 2 is 1.68 bits per heavy atom. The van der Waals surface area contributed by atoms with Crippen LogP contribution in [-0.4, -0.2) is 52.0 Å². The van der Waals surface area contributed by atoms with Gasteiger partial charge in [0.2, 0.25) is 11.8 Å². The van der Waals surface area contributed by atoms with Crippen LogP contribution in [0.3, 0.4) is 0 Å². The lowest BCUT2D eigenvalue weighted by atomic mass is 10.0. The lowest BCUT2D eigenvalue weighted by Gasteiger charge is -2.34. The number of aryl methyl sites for hydroxylation is 1. The van der Waals surface area contributed by atoms with Crippen LogP contribution in [0.4, 0.5) is 10.5 Å². The van der Waals surface area contributed by atoms with E-state index in [2.05, 4.69) is 10.6 Å². The lowest BCUT2D eigenvalue weighted by molar-refractivity contribution is -0.142. The van der Waals surface area contributed by atoms with Crippen molar-refractivity contribution in [2.75, 3.05) is 11.9 Å². The van der Waals surface area contributed by atoms with Gasteiger partial charge in [-0.1, -0.05) is 43.7 Å². The molecule has 0 saturated carbocycles. The highest BCUT2D eigenvalue weighted by molar-refractivity contribution is 6.00. The van der Waals surface area contributed by atoms with Crippen LogP contribution >= 0.6 is 0 Å². The third-order valence-electron chi connectivity index (χ3n) is 5.60. The minimum absolute atomic E-state index is 0.00329. The van der Waals surface area contributed by atoms with Crippen LogP contribution in [0.25, 0.3) is 0 Å². The Hall–Kier alpha value is -4.08. The number of rotatable bonds is 11. The van der Waals surface area contributed by atoms with Gasteiger partial charge in [-0.2, -0.15) is 0 Å². The quantitative estimate of drug-likeness (QED) is 0.350. The molecule has 206 valence electrons. The van der Waals surface area contributed by atoms with Gasteiger partial charge < -0.3 is 31.1 Å². The molecule has 38 heavy (non-hydrogen) atoms. The summed E-state index contributed by atoms with van der Waals surface area (Å²) in [5.41, 5.74) is 6.41.